The molecule has 0 amide bonds. The molecule has 14 heteroatoms. The Kier molecular flexibility index (Phi) is 22.3. The van der Waals surface area contributed by atoms with Crippen molar-refractivity contribution in [1.29, 1.82) is 0 Å². The van der Waals surface area contributed by atoms with Crippen molar-refractivity contribution < 1.29 is 17.7 Å². The van der Waals surface area contributed by atoms with Crippen molar-refractivity contribution in [3.05, 3.63) is 498 Å². The molecule has 0 atom stereocenters. The van der Waals surface area contributed by atoms with Gasteiger partial charge in [0.25, 0.3) is 0 Å². The Morgan fingerprint density at radius 1 is 0.144 bits per heavy atom. The van der Waals surface area contributed by atoms with Gasteiger partial charge in [-0.2, -0.15) is 0 Å². The van der Waals surface area contributed by atoms with Gasteiger partial charge in [0.15, 0.2) is 5.65 Å². The molecule has 29 aromatic rings. The minimum absolute atomic E-state index is 0.644. The summed E-state index contributed by atoms with van der Waals surface area (Å²) in [6.45, 7) is 0. The number of benzene rings is 19. The molecule has 0 N–H and O–H groups in total. The van der Waals surface area contributed by atoms with E-state index >= 15 is 0 Å². The number of fused-ring (bicyclic) bond motifs is 16. The predicted octanol–water partition coefficient (Wildman–Crippen LogP) is 34.6. The summed E-state index contributed by atoms with van der Waals surface area (Å²) in [6.07, 6.45) is 5.26. The molecule has 0 fully saturated rings. The summed E-state index contributed by atoms with van der Waals surface area (Å²) in [4.78, 5) is 48.9. The molecule has 29 rings (SSSR count). The summed E-state index contributed by atoms with van der Waals surface area (Å²) in [6, 6.07) is 163. The monoisotopic (exact) mass is 1870 g/mol. The second kappa shape index (κ2) is 37.7. The summed E-state index contributed by atoms with van der Waals surface area (Å²) >= 11 is 0. The number of nitrogens with zero attached hydrogens (tertiary/aromatic N) is 10. The first kappa shape index (κ1) is 86.4. The Labute approximate surface area is 837 Å². The van der Waals surface area contributed by atoms with E-state index in [-0.39, 0.29) is 0 Å². The molecule has 0 unspecified atom stereocenters. The Morgan fingerprint density at radius 2 is 0.397 bits per heavy atom. The van der Waals surface area contributed by atoms with Crippen LogP contribution in [0.5, 0.6) is 0 Å². The summed E-state index contributed by atoms with van der Waals surface area (Å²) in [5.41, 5.74) is 40.3. The van der Waals surface area contributed by atoms with Gasteiger partial charge in [0, 0.05) is 100.0 Å². The van der Waals surface area contributed by atoms with E-state index in [0.717, 1.165) is 267 Å². The Bertz CT molecular complexity index is 9710. The van der Waals surface area contributed by atoms with Crippen molar-refractivity contribution in [1.82, 2.24) is 49.8 Å². The molecule has 146 heavy (non-hydrogen) atoms. The highest BCUT2D eigenvalue weighted by Gasteiger charge is 2.24. The second-order valence-corrected chi connectivity index (χ2v) is 35.8. The van der Waals surface area contributed by atoms with Crippen LogP contribution in [0.1, 0.15) is 0 Å². The van der Waals surface area contributed by atoms with E-state index in [9.17, 15) is 0 Å². The smallest absolute Gasteiger partial charge is 0.178 e. The number of hydrogen-bond donors (Lipinski definition) is 0. The van der Waals surface area contributed by atoms with Gasteiger partial charge in [0.05, 0.1) is 79.3 Å². The van der Waals surface area contributed by atoms with Gasteiger partial charge in [-0.25, -0.2) is 44.9 Å². The quantitative estimate of drug-likeness (QED) is 0.106. The van der Waals surface area contributed by atoms with E-state index in [2.05, 4.69) is 271 Å². The van der Waals surface area contributed by atoms with Crippen molar-refractivity contribution in [2.24, 2.45) is 0 Å². The SMILES string of the molecule is c1ccc(-c2nc3ccc(-c4ccc(-c5cccc6oc7ccccc7c56)cc4)cc3nc2-c2ccccc2)cc1.c1ccc(-c2nc3ccc(-c4cccc5oc6ccccc6c45)cc3nc2-c2ccccc2)cc1.c1ccc(-c2nc3cnccc3nc2-c2ccc(-c3cccc4oc5ccccc5c34)cc2)cc1.c1ccc(-c2nc3ncccc3nc2-c2ccc(-c3cccc4oc5ccccc5c34)cc2)cc1. The lowest BCUT2D eigenvalue weighted by Gasteiger charge is -2.12. The number of rotatable bonds is 13. The van der Waals surface area contributed by atoms with Crippen molar-refractivity contribution in [3.8, 4) is 146 Å². The molecule has 0 radical (unpaired) electrons. The molecular weight excluding hydrogens is 1790 g/mol. The van der Waals surface area contributed by atoms with Crippen LogP contribution in [0.3, 0.4) is 0 Å². The molecule has 684 valence electrons. The molecule has 14 nitrogen and oxygen atoms in total. The summed E-state index contributed by atoms with van der Waals surface area (Å²) in [5.74, 6) is 0. The van der Waals surface area contributed by atoms with Crippen molar-refractivity contribution >= 4 is 132 Å². The molecule has 10 aromatic heterocycles. The molecule has 0 aliphatic heterocycles. The lowest BCUT2D eigenvalue weighted by molar-refractivity contribution is 0.668. The minimum Gasteiger partial charge on any atom is -0.456 e. The molecule has 0 saturated carbocycles. The van der Waals surface area contributed by atoms with Crippen LogP contribution in [-0.4, -0.2) is 49.8 Å². The average Bonchev–Trinajstić information content (AvgIpc) is 1.53. The largest absolute Gasteiger partial charge is 0.456 e. The molecule has 10 heterocycles. The van der Waals surface area contributed by atoms with Gasteiger partial charge in [0.1, 0.15) is 55.7 Å². The lowest BCUT2D eigenvalue weighted by atomic mass is 9.96. The fraction of sp³-hybridized carbons (Fsp3) is 0. The van der Waals surface area contributed by atoms with Gasteiger partial charge in [0.2, 0.25) is 0 Å². The first-order valence-corrected chi connectivity index (χ1v) is 48.5. The van der Waals surface area contributed by atoms with Crippen LogP contribution in [-0.2, 0) is 0 Å². The average molecular weight is 1870 g/mol. The summed E-state index contributed by atoms with van der Waals surface area (Å²) < 4.78 is 24.4. The predicted molar refractivity (Wildman–Crippen MR) is 594 cm³/mol. The van der Waals surface area contributed by atoms with Crippen LogP contribution in [0, 0.1) is 0 Å². The fourth-order valence-corrected chi connectivity index (χ4v) is 20.0. The third-order valence-corrected chi connectivity index (χ3v) is 26.9. The van der Waals surface area contributed by atoms with Crippen LogP contribution in [0.2, 0.25) is 0 Å². The topological polar surface area (TPSA) is 181 Å². The minimum atomic E-state index is 0.644. The van der Waals surface area contributed by atoms with E-state index in [1.165, 1.54) is 5.56 Å². The number of para-hydroxylation sites is 4. The van der Waals surface area contributed by atoms with Gasteiger partial charge in [-0.3, -0.25) is 4.98 Å². The number of furan rings is 4. The normalized spacial score (nSPS) is 11.4. The Morgan fingerprint density at radius 3 is 0.753 bits per heavy atom. The maximum absolute atomic E-state index is 6.12. The first-order chi connectivity index (χ1) is 72.4. The molecule has 19 aromatic carbocycles. The van der Waals surface area contributed by atoms with Gasteiger partial charge in [-0.05, 0) is 147 Å². The Hall–Kier alpha value is -20.0. The van der Waals surface area contributed by atoms with Gasteiger partial charge < -0.3 is 17.7 Å². The van der Waals surface area contributed by atoms with Crippen molar-refractivity contribution in [2.75, 3.05) is 0 Å². The fourth-order valence-electron chi connectivity index (χ4n) is 20.0. The molecular formula is C132H82N10O4. The molecule has 0 aliphatic rings. The van der Waals surface area contributed by atoms with Crippen LogP contribution in [0.15, 0.2) is 516 Å². The first-order valence-electron chi connectivity index (χ1n) is 48.5. The van der Waals surface area contributed by atoms with Crippen LogP contribution in [0.4, 0.5) is 0 Å². The third-order valence-electron chi connectivity index (χ3n) is 26.9. The zero-order chi connectivity index (χ0) is 96.7. The van der Waals surface area contributed by atoms with Crippen LogP contribution in [0.25, 0.3) is 278 Å². The van der Waals surface area contributed by atoms with Crippen molar-refractivity contribution in [2.45, 2.75) is 0 Å². The molecule has 0 aliphatic carbocycles. The maximum atomic E-state index is 6.12. The third kappa shape index (κ3) is 16.4. The summed E-state index contributed by atoms with van der Waals surface area (Å²) in [5, 5.41) is 9.06. The summed E-state index contributed by atoms with van der Waals surface area (Å²) in [7, 11) is 0. The van der Waals surface area contributed by atoms with E-state index < -0.39 is 0 Å². The van der Waals surface area contributed by atoms with Gasteiger partial charge >= 0.3 is 0 Å². The van der Waals surface area contributed by atoms with Gasteiger partial charge in [-0.1, -0.05) is 388 Å². The van der Waals surface area contributed by atoms with E-state index in [4.69, 9.17) is 57.5 Å². The Balaban J connectivity index is 0.0000000991. The number of hydrogen-bond acceptors (Lipinski definition) is 14. The van der Waals surface area contributed by atoms with Crippen molar-refractivity contribution in [3.63, 3.8) is 0 Å². The molecule has 0 spiro atoms. The van der Waals surface area contributed by atoms with E-state index in [1.807, 2.05) is 218 Å². The zero-order valence-electron chi connectivity index (χ0n) is 78.4. The van der Waals surface area contributed by atoms with E-state index in [0.29, 0.717) is 5.65 Å². The molecule has 0 bridgehead atoms. The van der Waals surface area contributed by atoms with Crippen LogP contribution >= 0.6 is 0 Å². The van der Waals surface area contributed by atoms with E-state index in [1.54, 1.807) is 18.6 Å². The zero-order valence-corrected chi connectivity index (χ0v) is 78.4. The highest BCUT2D eigenvalue weighted by molar-refractivity contribution is 6.16. The van der Waals surface area contributed by atoms with Crippen LogP contribution < -0.4 is 0 Å². The standard InChI is InChI=1S/C38H24N2O.C32H20N2O.2C31H19N3O/c1-3-10-27(11-4-1)37-38(28-12-5-2-6-13-28)40-33-24-29(22-23-32(33)39-37)25-18-20-26(21-19-25)30-15-9-17-35-36(30)31-14-7-8-16-34(31)41-35;1-3-10-21(11-4-1)31-32(22-12-5-2-6-13-22)34-27-20-23(18-19-26(27)33-31)24-15-9-17-29-30(24)25-14-7-8-16-28(25)35-29;1-2-8-21(9-3-1)30-29(33-25-12-7-19-32-31(25)34-30)22-17-15-20(16-18-22)23-11-6-14-27-28(23)24-10-4-5-13-26(24)35-27;1-2-7-21(8-3-1)30-31(33-25-17-18-32-19-26(25)34-30)22-15-13-20(14-16-22)23-10-6-12-28-29(23)24-9-4-5-11-27(24)35-28/h1-24H;1-20H;2*1-19H. The highest BCUT2D eigenvalue weighted by Crippen LogP contribution is 2.46. The number of pyridine rings is 2. The molecule has 0 saturated heterocycles. The van der Waals surface area contributed by atoms with Gasteiger partial charge in [-0.15, -0.1) is 0 Å². The maximum Gasteiger partial charge on any atom is 0.178 e. The highest BCUT2D eigenvalue weighted by atomic mass is 16.3. The lowest BCUT2D eigenvalue weighted by Crippen LogP contribution is -1.96. The second-order valence-electron chi connectivity index (χ2n) is 35.8. The number of aromatic nitrogens is 10.